The molecule has 0 bridgehead atoms. The Morgan fingerprint density at radius 3 is 2.35 bits per heavy atom. The minimum Gasteiger partial charge on any atom is -0.458 e. The summed E-state index contributed by atoms with van der Waals surface area (Å²) in [6, 6.07) is 6.03. The molecular weight excluding hydrogens is 222 g/mol. The molecule has 0 spiro atoms. The number of allylic oxidation sites excluding steroid dienone is 3. The first-order valence-electron chi connectivity index (χ1n) is 4.85. The third-order valence-electron chi connectivity index (χ3n) is 1.92. The van der Waals surface area contributed by atoms with Crippen molar-refractivity contribution >= 4 is 12.6 Å². The minimum atomic E-state index is -1.52. The van der Waals surface area contributed by atoms with E-state index in [0.717, 1.165) is 12.2 Å². The van der Waals surface area contributed by atoms with E-state index in [1.54, 1.807) is 0 Å². The van der Waals surface area contributed by atoms with Crippen LogP contribution in [0, 0.1) is 0 Å². The van der Waals surface area contributed by atoms with Crippen molar-refractivity contribution in [2.24, 2.45) is 0 Å². The van der Waals surface area contributed by atoms with E-state index in [0.29, 0.717) is 11.2 Å². The van der Waals surface area contributed by atoms with Gasteiger partial charge in [0.2, 0.25) is 0 Å². The van der Waals surface area contributed by atoms with E-state index in [1.807, 2.05) is 0 Å². The third kappa shape index (κ3) is 4.26. The van der Waals surface area contributed by atoms with Gasteiger partial charge in [-0.15, -0.1) is 0 Å². The van der Waals surface area contributed by atoms with Gasteiger partial charge >= 0.3 is 7.12 Å². The monoisotopic (exact) mass is 234 g/mol. The van der Waals surface area contributed by atoms with Gasteiger partial charge in [0.25, 0.3) is 0 Å². The molecule has 1 aromatic rings. The number of halogens is 1. The van der Waals surface area contributed by atoms with Crippen molar-refractivity contribution in [1.29, 1.82) is 0 Å². The summed E-state index contributed by atoms with van der Waals surface area (Å²) in [7, 11) is -1.52. The average molecular weight is 234 g/mol. The summed E-state index contributed by atoms with van der Waals surface area (Å²) in [5.74, 6) is 0.00427. The van der Waals surface area contributed by atoms with Crippen LogP contribution in [0.15, 0.2) is 61.2 Å². The Labute approximate surface area is 99.3 Å². The number of hydrogen-bond donors (Lipinski definition) is 2. The molecule has 0 saturated carbocycles. The van der Waals surface area contributed by atoms with Crippen molar-refractivity contribution in [3.8, 4) is 5.75 Å². The smallest absolute Gasteiger partial charge is 0.458 e. The van der Waals surface area contributed by atoms with Crippen LogP contribution in [0.5, 0.6) is 5.75 Å². The highest BCUT2D eigenvalue weighted by molar-refractivity contribution is 6.58. The molecule has 0 aliphatic rings. The summed E-state index contributed by atoms with van der Waals surface area (Å²) in [6.45, 7) is 6.77. The fourth-order valence-electron chi connectivity index (χ4n) is 1.10. The normalized spacial score (nSPS) is 10.9. The molecule has 0 atom stereocenters. The number of ether oxygens (including phenoxy) is 1. The van der Waals surface area contributed by atoms with Crippen LogP contribution in [0.1, 0.15) is 0 Å². The molecule has 3 nitrogen and oxygen atoms in total. The molecule has 0 radical (unpaired) electrons. The molecule has 0 aliphatic heterocycles. The Morgan fingerprint density at radius 1 is 1.29 bits per heavy atom. The predicted octanol–water partition coefficient (Wildman–Crippen LogP) is 1.30. The van der Waals surface area contributed by atoms with Crippen LogP contribution in [0.25, 0.3) is 0 Å². The lowest BCUT2D eigenvalue weighted by molar-refractivity contribution is 0.425. The molecule has 0 unspecified atom stereocenters. The summed E-state index contributed by atoms with van der Waals surface area (Å²) in [5.41, 5.74) is 0.343. The first-order chi connectivity index (χ1) is 8.02. The second-order valence-electron chi connectivity index (χ2n) is 3.24. The van der Waals surface area contributed by atoms with Crippen LogP contribution in [-0.4, -0.2) is 17.2 Å². The molecule has 1 rings (SSSR count). The summed E-state index contributed by atoms with van der Waals surface area (Å²) >= 11 is 0. The van der Waals surface area contributed by atoms with Crippen molar-refractivity contribution in [3.63, 3.8) is 0 Å². The van der Waals surface area contributed by atoms with Crippen molar-refractivity contribution in [2.45, 2.75) is 0 Å². The van der Waals surface area contributed by atoms with Gasteiger partial charge in [-0.05, 0) is 23.7 Å². The SMILES string of the molecule is C=C/C(F)=C\C(=C)Oc1ccc(B(O)O)cc1. The van der Waals surface area contributed by atoms with Gasteiger partial charge in [-0.1, -0.05) is 25.3 Å². The first kappa shape index (κ1) is 13.2. The lowest BCUT2D eigenvalue weighted by atomic mass is 9.80. The van der Waals surface area contributed by atoms with Crippen LogP contribution >= 0.6 is 0 Å². The molecule has 0 fully saturated rings. The van der Waals surface area contributed by atoms with E-state index in [2.05, 4.69) is 13.2 Å². The molecule has 2 N–H and O–H groups in total. The summed E-state index contributed by atoms with van der Waals surface area (Å²) in [5, 5.41) is 17.7. The Hall–Kier alpha value is -1.85. The number of hydrogen-bond acceptors (Lipinski definition) is 3. The fraction of sp³-hybridized carbons (Fsp3) is 0. The van der Waals surface area contributed by atoms with Crippen molar-refractivity contribution in [1.82, 2.24) is 0 Å². The van der Waals surface area contributed by atoms with E-state index < -0.39 is 12.9 Å². The van der Waals surface area contributed by atoms with Gasteiger partial charge in [0.1, 0.15) is 17.3 Å². The van der Waals surface area contributed by atoms with E-state index in [1.165, 1.54) is 24.3 Å². The molecule has 0 saturated heterocycles. The Balaban J connectivity index is 2.70. The standard InChI is InChI=1S/C12H12BFO3/c1-3-11(14)8-9(2)17-12-6-4-10(5-7-12)13(15)16/h3-8,15-16H,1-2H2/b11-8+. The molecule has 5 heteroatoms. The quantitative estimate of drug-likeness (QED) is 0.458. The van der Waals surface area contributed by atoms with Crippen LogP contribution in [0.4, 0.5) is 4.39 Å². The van der Waals surface area contributed by atoms with Crippen LogP contribution in [0.2, 0.25) is 0 Å². The van der Waals surface area contributed by atoms with E-state index in [9.17, 15) is 4.39 Å². The molecule has 0 amide bonds. The third-order valence-corrected chi connectivity index (χ3v) is 1.92. The molecule has 0 heterocycles. The van der Waals surface area contributed by atoms with Gasteiger partial charge in [0.05, 0.1) is 0 Å². The second kappa shape index (κ2) is 6.03. The lowest BCUT2D eigenvalue weighted by Crippen LogP contribution is -2.29. The van der Waals surface area contributed by atoms with E-state index in [-0.39, 0.29) is 5.76 Å². The maximum atomic E-state index is 12.8. The zero-order valence-electron chi connectivity index (χ0n) is 9.14. The predicted molar refractivity (Wildman–Crippen MR) is 65.4 cm³/mol. The van der Waals surface area contributed by atoms with Crippen LogP contribution in [0.3, 0.4) is 0 Å². The molecular formula is C12H12BFO3. The fourth-order valence-corrected chi connectivity index (χ4v) is 1.10. The van der Waals surface area contributed by atoms with Crippen LogP contribution < -0.4 is 10.2 Å². The second-order valence-corrected chi connectivity index (χ2v) is 3.24. The highest BCUT2D eigenvalue weighted by Gasteiger charge is 2.09. The highest BCUT2D eigenvalue weighted by Crippen LogP contribution is 2.13. The lowest BCUT2D eigenvalue weighted by Gasteiger charge is -2.06. The number of rotatable bonds is 5. The van der Waals surface area contributed by atoms with Gasteiger partial charge in [-0.2, -0.15) is 0 Å². The first-order valence-corrected chi connectivity index (χ1v) is 4.85. The average Bonchev–Trinajstić information content (AvgIpc) is 2.29. The van der Waals surface area contributed by atoms with Gasteiger partial charge in [-0.25, -0.2) is 4.39 Å². The zero-order chi connectivity index (χ0) is 12.8. The maximum absolute atomic E-state index is 12.8. The summed E-state index contributed by atoms with van der Waals surface area (Å²) in [4.78, 5) is 0. The van der Waals surface area contributed by atoms with Crippen molar-refractivity contribution in [2.75, 3.05) is 0 Å². The molecule has 0 aliphatic carbocycles. The van der Waals surface area contributed by atoms with Gasteiger partial charge < -0.3 is 14.8 Å². The molecule has 17 heavy (non-hydrogen) atoms. The van der Waals surface area contributed by atoms with Crippen molar-refractivity contribution < 1.29 is 19.2 Å². The highest BCUT2D eigenvalue weighted by atomic mass is 19.1. The van der Waals surface area contributed by atoms with E-state index >= 15 is 0 Å². The Kier molecular flexibility index (Phi) is 4.69. The number of benzene rings is 1. The topological polar surface area (TPSA) is 49.7 Å². The Bertz CT molecular complexity index is 438. The zero-order valence-corrected chi connectivity index (χ0v) is 9.14. The Morgan fingerprint density at radius 2 is 1.88 bits per heavy atom. The summed E-state index contributed by atoms with van der Waals surface area (Å²) in [6.07, 6.45) is 2.14. The maximum Gasteiger partial charge on any atom is 0.488 e. The van der Waals surface area contributed by atoms with Gasteiger partial charge in [0.15, 0.2) is 0 Å². The van der Waals surface area contributed by atoms with Crippen molar-refractivity contribution in [3.05, 3.63) is 61.2 Å². The van der Waals surface area contributed by atoms with Crippen LogP contribution in [-0.2, 0) is 0 Å². The van der Waals surface area contributed by atoms with E-state index in [4.69, 9.17) is 14.8 Å². The largest absolute Gasteiger partial charge is 0.488 e. The molecule has 88 valence electrons. The minimum absolute atomic E-state index is 0.125. The molecule has 0 aromatic heterocycles. The van der Waals surface area contributed by atoms with Gasteiger partial charge in [-0.3, -0.25) is 0 Å². The molecule has 1 aromatic carbocycles. The summed E-state index contributed by atoms with van der Waals surface area (Å²) < 4.78 is 18.0. The van der Waals surface area contributed by atoms with Gasteiger partial charge in [0, 0.05) is 6.08 Å².